The van der Waals surface area contributed by atoms with Crippen molar-refractivity contribution < 1.29 is 34.5 Å². The van der Waals surface area contributed by atoms with Gasteiger partial charge in [0.2, 0.25) is 17.7 Å². The van der Waals surface area contributed by atoms with E-state index in [1.807, 2.05) is 38.1 Å². The number of nitrogens with one attached hydrogen (secondary N) is 4. The highest BCUT2D eigenvalue weighted by Gasteiger charge is 2.30. The van der Waals surface area contributed by atoms with E-state index >= 15 is 0 Å². The summed E-state index contributed by atoms with van der Waals surface area (Å²) in [6.45, 7) is 2.22. The Bertz CT molecular complexity index is 1040. The van der Waals surface area contributed by atoms with Gasteiger partial charge in [0.05, 0.1) is 13.2 Å². The molecule has 0 aliphatic heterocycles. The number of aliphatic hydroxyl groups is 2. The van der Waals surface area contributed by atoms with E-state index in [0.29, 0.717) is 5.56 Å². The first kappa shape index (κ1) is 27.8. The number of carbonyl (C=O) groups excluding carboxylic acids is 3. The summed E-state index contributed by atoms with van der Waals surface area (Å²) in [5, 5.41) is 36.3. The second-order valence-electron chi connectivity index (χ2n) is 8.69. The molecule has 1 heterocycles. The third-order valence-corrected chi connectivity index (χ3v) is 5.40. The zero-order chi connectivity index (χ0) is 26.1. The van der Waals surface area contributed by atoms with Crippen LogP contribution in [-0.2, 0) is 25.6 Å². The summed E-state index contributed by atoms with van der Waals surface area (Å²) < 4.78 is 0. The van der Waals surface area contributed by atoms with E-state index in [4.69, 9.17) is 10.8 Å². The molecule has 0 bridgehead atoms. The first-order chi connectivity index (χ1) is 16.6. The fraction of sp³-hybridized carbons (Fsp3) is 0.478. The van der Waals surface area contributed by atoms with Crippen molar-refractivity contribution in [2.75, 3.05) is 13.2 Å². The zero-order valence-electron chi connectivity index (χ0n) is 19.7. The van der Waals surface area contributed by atoms with Crippen molar-refractivity contribution in [3.8, 4) is 0 Å². The lowest BCUT2D eigenvalue weighted by molar-refractivity contribution is -0.142. The van der Waals surface area contributed by atoms with Crippen LogP contribution in [0.3, 0.4) is 0 Å². The first-order valence-electron chi connectivity index (χ1n) is 11.2. The minimum Gasteiger partial charge on any atom is -0.480 e. The van der Waals surface area contributed by atoms with E-state index in [9.17, 15) is 29.4 Å². The highest BCUT2D eigenvalue weighted by molar-refractivity contribution is 5.94. The predicted octanol–water partition coefficient (Wildman–Crippen LogP) is -1.39. The molecule has 2 aromatic rings. The van der Waals surface area contributed by atoms with E-state index in [-0.39, 0.29) is 18.8 Å². The van der Waals surface area contributed by atoms with Crippen LogP contribution in [-0.4, -0.2) is 81.4 Å². The van der Waals surface area contributed by atoms with Gasteiger partial charge in [0, 0.05) is 23.5 Å². The van der Waals surface area contributed by atoms with Crippen molar-refractivity contribution in [2.24, 2.45) is 11.7 Å². The smallest absolute Gasteiger partial charge is 0.326 e. The molecule has 12 heteroatoms. The van der Waals surface area contributed by atoms with Crippen molar-refractivity contribution in [3.63, 3.8) is 0 Å². The molecule has 3 amide bonds. The van der Waals surface area contributed by atoms with E-state index in [0.717, 1.165) is 10.9 Å². The number of rotatable bonds is 13. The lowest BCUT2D eigenvalue weighted by Crippen LogP contribution is -2.58. The Hall–Kier alpha value is -3.48. The van der Waals surface area contributed by atoms with Gasteiger partial charge in [-0.05, 0) is 24.0 Å². The Labute approximate surface area is 202 Å². The summed E-state index contributed by atoms with van der Waals surface area (Å²) in [4.78, 5) is 52.4. The lowest BCUT2D eigenvalue weighted by atomic mass is 10.0. The summed E-state index contributed by atoms with van der Waals surface area (Å²) in [6.07, 6.45) is 1.84. The van der Waals surface area contributed by atoms with Gasteiger partial charge in [-0.3, -0.25) is 14.4 Å². The molecule has 192 valence electrons. The van der Waals surface area contributed by atoms with E-state index in [1.54, 1.807) is 6.20 Å². The van der Waals surface area contributed by atoms with Gasteiger partial charge in [0.15, 0.2) is 0 Å². The number of benzene rings is 1. The predicted molar refractivity (Wildman–Crippen MR) is 127 cm³/mol. The molecule has 0 saturated carbocycles. The number of fused-ring (bicyclic) bond motifs is 1. The molecule has 0 aliphatic rings. The first-order valence-corrected chi connectivity index (χ1v) is 11.2. The third-order valence-electron chi connectivity index (χ3n) is 5.40. The number of nitrogens with two attached hydrogens (primary N) is 1. The number of aromatic nitrogens is 1. The Balaban J connectivity index is 2.09. The molecule has 12 nitrogen and oxygen atoms in total. The Morgan fingerprint density at radius 2 is 1.51 bits per heavy atom. The maximum atomic E-state index is 12.8. The molecule has 4 atom stereocenters. The second kappa shape index (κ2) is 12.8. The van der Waals surface area contributed by atoms with E-state index < -0.39 is 61.1 Å². The van der Waals surface area contributed by atoms with Crippen LogP contribution in [0, 0.1) is 5.92 Å². The highest BCUT2D eigenvalue weighted by Crippen LogP contribution is 2.19. The normalized spacial score (nSPS) is 14.7. The van der Waals surface area contributed by atoms with Crippen LogP contribution in [0.2, 0.25) is 0 Å². The van der Waals surface area contributed by atoms with Crippen LogP contribution < -0.4 is 21.7 Å². The molecule has 1 aromatic carbocycles. The molecule has 9 N–H and O–H groups in total. The molecule has 0 fully saturated rings. The minimum absolute atomic E-state index is 0.0228. The van der Waals surface area contributed by atoms with Crippen molar-refractivity contribution >= 4 is 34.6 Å². The van der Waals surface area contributed by atoms with Crippen LogP contribution >= 0.6 is 0 Å². The van der Waals surface area contributed by atoms with Gasteiger partial charge < -0.3 is 42.0 Å². The Kier molecular flexibility index (Phi) is 10.2. The maximum absolute atomic E-state index is 12.8. The standard InChI is InChI=1S/C23H33N5O7/c1-12(2)7-17(26-20(31)15(24)10-29)21(32)28-19(11-30)22(33)27-18(23(34)35)8-13-9-25-16-6-4-3-5-14(13)16/h3-6,9,12,15,17-19,25,29-30H,7-8,10-11,24H2,1-2H3,(H,26,31)(H,27,33)(H,28,32)(H,34,35). The van der Waals surface area contributed by atoms with Gasteiger partial charge in [0.25, 0.3) is 0 Å². The number of carbonyl (C=O) groups is 4. The van der Waals surface area contributed by atoms with Crippen LogP contribution in [0.5, 0.6) is 0 Å². The number of carboxylic acid groups (broad SMARTS) is 1. The maximum Gasteiger partial charge on any atom is 0.326 e. The number of para-hydroxylation sites is 1. The number of H-pyrrole nitrogens is 1. The number of aromatic amines is 1. The largest absolute Gasteiger partial charge is 0.480 e. The minimum atomic E-state index is -1.45. The summed E-state index contributed by atoms with van der Waals surface area (Å²) in [5.74, 6) is -3.70. The lowest BCUT2D eigenvalue weighted by Gasteiger charge is -2.25. The molecule has 0 spiro atoms. The summed E-state index contributed by atoms with van der Waals surface area (Å²) in [7, 11) is 0. The Morgan fingerprint density at radius 1 is 0.914 bits per heavy atom. The van der Waals surface area contributed by atoms with Gasteiger partial charge >= 0.3 is 5.97 Å². The Morgan fingerprint density at radius 3 is 2.11 bits per heavy atom. The highest BCUT2D eigenvalue weighted by atomic mass is 16.4. The number of aliphatic carboxylic acids is 1. The number of carboxylic acids is 1. The van der Waals surface area contributed by atoms with E-state index in [1.165, 1.54) is 0 Å². The molecule has 4 unspecified atom stereocenters. The van der Waals surface area contributed by atoms with Crippen molar-refractivity contribution in [3.05, 3.63) is 36.0 Å². The molecule has 0 aliphatic carbocycles. The summed E-state index contributed by atoms with van der Waals surface area (Å²) in [5.41, 5.74) is 6.98. The summed E-state index contributed by atoms with van der Waals surface area (Å²) >= 11 is 0. The molecule has 0 radical (unpaired) electrons. The van der Waals surface area contributed by atoms with Gasteiger partial charge in [0.1, 0.15) is 24.2 Å². The SMILES string of the molecule is CC(C)CC(NC(=O)C(N)CO)C(=O)NC(CO)C(=O)NC(Cc1c[nH]c2ccccc12)C(=O)O. The molecule has 35 heavy (non-hydrogen) atoms. The van der Waals surface area contributed by atoms with Crippen molar-refractivity contribution in [2.45, 2.75) is 50.9 Å². The van der Waals surface area contributed by atoms with Gasteiger partial charge in [-0.15, -0.1) is 0 Å². The van der Waals surface area contributed by atoms with Crippen molar-refractivity contribution in [1.82, 2.24) is 20.9 Å². The number of hydrogen-bond acceptors (Lipinski definition) is 7. The van der Waals surface area contributed by atoms with Gasteiger partial charge in [-0.2, -0.15) is 0 Å². The number of hydrogen-bond donors (Lipinski definition) is 8. The van der Waals surface area contributed by atoms with Crippen LogP contribution in [0.4, 0.5) is 0 Å². The fourth-order valence-electron chi connectivity index (χ4n) is 3.52. The molecule has 1 aromatic heterocycles. The van der Waals surface area contributed by atoms with Crippen LogP contribution in [0.25, 0.3) is 10.9 Å². The summed E-state index contributed by atoms with van der Waals surface area (Å²) in [6, 6.07) is 2.23. The quantitative estimate of drug-likeness (QED) is 0.167. The van der Waals surface area contributed by atoms with Crippen LogP contribution in [0.15, 0.2) is 30.5 Å². The van der Waals surface area contributed by atoms with Gasteiger partial charge in [-0.25, -0.2) is 4.79 Å². The fourth-order valence-corrected chi connectivity index (χ4v) is 3.52. The number of amides is 3. The molecular formula is C23H33N5O7. The average molecular weight is 492 g/mol. The average Bonchev–Trinajstić information content (AvgIpc) is 3.23. The monoisotopic (exact) mass is 491 g/mol. The zero-order valence-corrected chi connectivity index (χ0v) is 19.7. The molecule has 0 saturated heterocycles. The van der Waals surface area contributed by atoms with Crippen LogP contribution in [0.1, 0.15) is 25.8 Å². The topological polar surface area (TPSA) is 207 Å². The molecular weight excluding hydrogens is 458 g/mol. The number of aliphatic hydroxyl groups excluding tert-OH is 2. The van der Waals surface area contributed by atoms with Crippen molar-refractivity contribution in [1.29, 1.82) is 0 Å². The molecule has 2 rings (SSSR count). The van der Waals surface area contributed by atoms with Gasteiger partial charge in [-0.1, -0.05) is 32.0 Å². The van der Waals surface area contributed by atoms with E-state index in [2.05, 4.69) is 20.9 Å². The third kappa shape index (κ3) is 7.77. The second-order valence-corrected chi connectivity index (χ2v) is 8.69.